The first kappa shape index (κ1) is 7.28. The van der Waals surface area contributed by atoms with Crippen LogP contribution in [0.4, 0.5) is 5.00 Å². The number of anilines is 1. The van der Waals surface area contributed by atoms with Crippen LogP contribution >= 0.6 is 11.3 Å². The zero-order valence-corrected chi connectivity index (χ0v) is 6.79. The van der Waals surface area contributed by atoms with Crippen LogP contribution in [0.5, 0.6) is 0 Å². The lowest BCUT2D eigenvalue weighted by molar-refractivity contribution is 0.102. The molecule has 1 rings (SSSR count). The zero-order chi connectivity index (χ0) is 7.56. The van der Waals surface area contributed by atoms with E-state index in [1.54, 1.807) is 6.92 Å². The normalized spacial score (nSPS) is 9.40. The maximum Gasteiger partial charge on any atom is 0.169 e. The quantitative estimate of drug-likeness (QED) is 0.662. The molecule has 0 atom stereocenters. The molecular formula is C7H9NOS. The second-order valence-electron chi connectivity index (χ2n) is 1.97. The molecule has 1 N–H and O–H groups in total. The summed E-state index contributed by atoms with van der Waals surface area (Å²) in [7, 11) is 1.84. The van der Waals surface area contributed by atoms with Crippen LogP contribution in [0, 0.1) is 0 Å². The summed E-state index contributed by atoms with van der Waals surface area (Å²) in [6.07, 6.45) is 0. The predicted octanol–water partition coefficient (Wildman–Crippen LogP) is 1.99. The highest BCUT2D eigenvalue weighted by molar-refractivity contribution is 7.17. The molecule has 0 aliphatic carbocycles. The van der Waals surface area contributed by atoms with Crippen molar-refractivity contribution in [3.63, 3.8) is 0 Å². The minimum atomic E-state index is 0.131. The summed E-state index contributed by atoms with van der Waals surface area (Å²) >= 11 is 1.48. The Balaban J connectivity index is 2.88. The van der Waals surface area contributed by atoms with Crippen molar-refractivity contribution in [1.82, 2.24) is 0 Å². The van der Waals surface area contributed by atoms with Gasteiger partial charge in [-0.05, 0) is 19.1 Å². The SMILES string of the molecule is CNc1ccc(C(C)=O)s1. The number of Topliss-reactive ketones (excluding diaryl/α,β-unsaturated/α-hetero) is 1. The van der Waals surface area contributed by atoms with Gasteiger partial charge in [-0.3, -0.25) is 4.79 Å². The third-order valence-corrected chi connectivity index (χ3v) is 2.40. The molecule has 54 valence electrons. The molecule has 10 heavy (non-hydrogen) atoms. The van der Waals surface area contributed by atoms with Crippen LogP contribution in [0.1, 0.15) is 16.6 Å². The lowest BCUT2D eigenvalue weighted by atomic mass is 10.4. The third-order valence-electron chi connectivity index (χ3n) is 1.20. The van der Waals surface area contributed by atoms with Gasteiger partial charge < -0.3 is 5.32 Å². The fourth-order valence-electron chi connectivity index (χ4n) is 0.661. The summed E-state index contributed by atoms with van der Waals surface area (Å²) in [6, 6.07) is 3.74. The number of hydrogen-bond donors (Lipinski definition) is 1. The van der Waals surface area contributed by atoms with E-state index in [-0.39, 0.29) is 5.78 Å². The summed E-state index contributed by atoms with van der Waals surface area (Å²) in [6.45, 7) is 1.57. The van der Waals surface area contributed by atoms with E-state index in [0.29, 0.717) is 0 Å². The van der Waals surface area contributed by atoms with E-state index in [2.05, 4.69) is 5.32 Å². The highest BCUT2D eigenvalue weighted by Crippen LogP contribution is 2.20. The number of hydrogen-bond acceptors (Lipinski definition) is 3. The molecule has 0 unspecified atom stereocenters. The average Bonchev–Trinajstić information content (AvgIpc) is 2.34. The van der Waals surface area contributed by atoms with Crippen molar-refractivity contribution >= 4 is 22.1 Å². The van der Waals surface area contributed by atoms with Crippen molar-refractivity contribution in [1.29, 1.82) is 0 Å². The van der Waals surface area contributed by atoms with Crippen molar-refractivity contribution in [2.45, 2.75) is 6.92 Å². The second-order valence-corrected chi connectivity index (χ2v) is 3.05. The van der Waals surface area contributed by atoms with Gasteiger partial charge in [-0.2, -0.15) is 0 Å². The highest BCUT2D eigenvalue weighted by atomic mass is 32.1. The van der Waals surface area contributed by atoms with E-state index >= 15 is 0 Å². The average molecular weight is 155 g/mol. The highest BCUT2D eigenvalue weighted by Gasteiger charge is 2.01. The number of thiophene rings is 1. The van der Waals surface area contributed by atoms with E-state index < -0.39 is 0 Å². The van der Waals surface area contributed by atoms with Crippen LogP contribution in [0.3, 0.4) is 0 Å². The topological polar surface area (TPSA) is 29.1 Å². The van der Waals surface area contributed by atoms with Gasteiger partial charge in [0.1, 0.15) is 0 Å². The number of carbonyl (C=O) groups is 1. The Bertz CT molecular complexity index is 242. The predicted molar refractivity (Wildman–Crippen MR) is 43.9 cm³/mol. The largest absolute Gasteiger partial charge is 0.380 e. The Kier molecular flexibility index (Phi) is 2.06. The van der Waals surface area contributed by atoms with Gasteiger partial charge in [-0.25, -0.2) is 0 Å². The molecule has 2 nitrogen and oxygen atoms in total. The summed E-state index contributed by atoms with van der Waals surface area (Å²) in [4.78, 5) is 11.6. The first-order valence-corrected chi connectivity index (χ1v) is 3.84. The van der Waals surface area contributed by atoms with Crippen molar-refractivity contribution < 1.29 is 4.79 Å². The van der Waals surface area contributed by atoms with Crippen LogP contribution < -0.4 is 5.32 Å². The van der Waals surface area contributed by atoms with Crippen LogP contribution in [0.15, 0.2) is 12.1 Å². The Morgan fingerprint density at radius 1 is 1.60 bits per heavy atom. The van der Waals surface area contributed by atoms with E-state index in [4.69, 9.17) is 0 Å². The molecule has 0 spiro atoms. The Morgan fingerprint density at radius 2 is 2.30 bits per heavy atom. The van der Waals surface area contributed by atoms with Gasteiger partial charge in [0, 0.05) is 7.05 Å². The van der Waals surface area contributed by atoms with Gasteiger partial charge in [0.15, 0.2) is 5.78 Å². The van der Waals surface area contributed by atoms with E-state index in [1.807, 2.05) is 19.2 Å². The molecule has 0 fully saturated rings. The van der Waals surface area contributed by atoms with Gasteiger partial charge in [0.2, 0.25) is 0 Å². The van der Waals surface area contributed by atoms with Crippen LogP contribution in [0.25, 0.3) is 0 Å². The Morgan fingerprint density at radius 3 is 2.60 bits per heavy atom. The number of nitrogens with one attached hydrogen (secondary N) is 1. The molecule has 1 aromatic heterocycles. The van der Waals surface area contributed by atoms with Gasteiger partial charge in [-0.1, -0.05) is 0 Å². The van der Waals surface area contributed by atoms with Gasteiger partial charge >= 0.3 is 0 Å². The van der Waals surface area contributed by atoms with Gasteiger partial charge in [0.25, 0.3) is 0 Å². The van der Waals surface area contributed by atoms with Crippen molar-refractivity contribution in [3.05, 3.63) is 17.0 Å². The molecule has 0 saturated carbocycles. The maximum absolute atomic E-state index is 10.8. The zero-order valence-electron chi connectivity index (χ0n) is 5.97. The number of ketones is 1. The molecule has 0 radical (unpaired) electrons. The van der Waals surface area contributed by atoms with Crippen molar-refractivity contribution in [2.75, 3.05) is 12.4 Å². The number of carbonyl (C=O) groups excluding carboxylic acids is 1. The third kappa shape index (κ3) is 1.36. The Hall–Kier alpha value is -0.830. The molecule has 0 amide bonds. The van der Waals surface area contributed by atoms with Crippen molar-refractivity contribution in [3.8, 4) is 0 Å². The van der Waals surface area contributed by atoms with Gasteiger partial charge in [-0.15, -0.1) is 11.3 Å². The molecule has 1 heterocycles. The molecule has 0 aliphatic heterocycles. The standard InChI is InChI=1S/C7H9NOS/c1-5(9)6-3-4-7(8-2)10-6/h3-4,8H,1-2H3. The van der Waals surface area contributed by atoms with Crippen LogP contribution in [-0.2, 0) is 0 Å². The maximum atomic E-state index is 10.8. The molecule has 0 aromatic carbocycles. The van der Waals surface area contributed by atoms with E-state index in [1.165, 1.54) is 11.3 Å². The monoisotopic (exact) mass is 155 g/mol. The molecule has 0 bridgehead atoms. The molecule has 1 aromatic rings. The smallest absolute Gasteiger partial charge is 0.169 e. The summed E-state index contributed by atoms with van der Waals surface area (Å²) in [5, 5.41) is 4.00. The molecular weight excluding hydrogens is 146 g/mol. The van der Waals surface area contributed by atoms with E-state index in [9.17, 15) is 4.79 Å². The minimum Gasteiger partial charge on any atom is -0.380 e. The van der Waals surface area contributed by atoms with E-state index in [0.717, 1.165) is 9.88 Å². The molecule has 3 heteroatoms. The Labute approximate surface area is 63.9 Å². The molecule has 0 saturated heterocycles. The summed E-state index contributed by atoms with van der Waals surface area (Å²) in [5.41, 5.74) is 0. The first-order valence-electron chi connectivity index (χ1n) is 3.02. The minimum absolute atomic E-state index is 0.131. The van der Waals surface area contributed by atoms with Gasteiger partial charge in [0.05, 0.1) is 9.88 Å². The lowest BCUT2D eigenvalue weighted by Gasteiger charge is -1.88. The molecule has 0 aliphatic rings. The van der Waals surface area contributed by atoms with Crippen molar-refractivity contribution in [2.24, 2.45) is 0 Å². The lowest BCUT2D eigenvalue weighted by Crippen LogP contribution is -1.84. The first-order chi connectivity index (χ1) is 4.74. The second kappa shape index (κ2) is 2.84. The fourth-order valence-corrected chi connectivity index (χ4v) is 1.42. The fraction of sp³-hybridized carbons (Fsp3) is 0.286. The summed E-state index contributed by atoms with van der Waals surface area (Å²) < 4.78 is 0. The number of rotatable bonds is 2. The van der Waals surface area contributed by atoms with Crippen LogP contribution in [0.2, 0.25) is 0 Å². The summed E-state index contributed by atoms with van der Waals surface area (Å²) in [5.74, 6) is 0.131. The van der Waals surface area contributed by atoms with Crippen LogP contribution in [-0.4, -0.2) is 12.8 Å².